The topological polar surface area (TPSA) is 25.8 Å². The summed E-state index contributed by atoms with van der Waals surface area (Å²) in [6, 6.07) is 17.4. The average Bonchev–Trinajstić information content (AvgIpc) is 2.69. The van der Waals surface area contributed by atoms with E-state index in [-0.39, 0.29) is 5.41 Å². The second-order valence-corrected chi connectivity index (χ2v) is 8.73. The van der Waals surface area contributed by atoms with Gasteiger partial charge in [0, 0.05) is 22.5 Å². The molecular weight excluding hydrogens is 340 g/mol. The van der Waals surface area contributed by atoms with Crippen molar-refractivity contribution in [2.24, 2.45) is 0 Å². The van der Waals surface area contributed by atoms with Crippen molar-refractivity contribution in [3.8, 4) is 11.3 Å². The number of hydrogen-bond donors (Lipinski definition) is 0. The van der Waals surface area contributed by atoms with E-state index in [0.29, 0.717) is 5.92 Å². The van der Waals surface area contributed by atoms with Gasteiger partial charge in [-0.25, -0.2) is 9.97 Å². The van der Waals surface area contributed by atoms with Crippen LogP contribution in [-0.4, -0.2) is 9.97 Å². The van der Waals surface area contributed by atoms with E-state index in [4.69, 9.17) is 9.97 Å². The molecular formula is C26H30N2. The van der Waals surface area contributed by atoms with Crippen molar-refractivity contribution in [1.82, 2.24) is 9.97 Å². The van der Waals surface area contributed by atoms with E-state index in [9.17, 15) is 0 Å². The van der Waals surface area contributed by atoms with Crippen molar-refractivity contribution in [2.45, 2.75) is 65.2 Å². The van der Waals surface area contributed by atoms with Crippen LogP contribution in [0.15, 0.2) is 48.5 Å². The molecule has 0 saturated heterocycles. The number of hydrogen-bond acceptors (Lipinski definition) is 2. The highest BCUT2D eigenvalue weighted by Crippen LogP contribution is 2.45. The summed E-state index contributed by atoms with van der Waals surface area (Å²) < 4.78 is 0. The molecule has 1 heterocycles. The Morgan fingerprint density at radius 3 is 2.21 bits per heavy atom. The summed E-state index contributed by atoms with van der Waals surface area (Å²) in [6.45, 7) is 11.2. The van der Waals surface area contributed by atoms with E-state index in [1.165, 1.54) is 39.9 Å². The van der Waals surface area contributed by atoms with Gasteiger partial charge >= 0.3 is 0 Å². The molecule has 0 bridgehead atoms. The van der Waals surface area contributed by atoms with Crippen LogP contribution in [0.2, 0.25) is 0 Å². The maximum absolute atomic E-state index is 5.18. The maximum Gasteiger partial charge on any atom is 0.131 e. The lowest BCUT2D eigenvalue weighted by atomic mass is 9.69. The van der Waals surface area contributed by atoms with E-state index >= 15 is 0 Å². The average molecular weight is 371 g/mol. The highest BCUT2D eigenvalue weighted by Gasteiger charge is 2.37. The number of benzene rings is 2. The predicted octanol–water partition coefficient (Wildman–Crippen LogP) is 6.53. The van der Waals surface area contributed by atoms with Crippen molar-refractivity contribution < 1.29 is 0 Å². The van der Waals surface area contributed by atoms with Gasteiger partial charge in [-0.2, -0.15) is 0 Å². The van der Waals surface area contributed by atoms with Crippen LogP contribution >= 0.6 is 0 Å². The van der Waals surface area contributed by atoms with Crippen LogP contribution in [-0.2, 0) is 11.8 Å². The van der Waals surface area contributed by atoms with Crippen molar-refractivity contribution in [3.63, 3.8) is 0 Å². The summed E-state index contributed by atoms with van der Waals surface area (Å²) in [5.74, 6) is 1.26. The molecule has 0 spiro atoms. The van der Waals surface area contributed by atoms with Gasteiger partial charge in [0.2, 0.25) is 0 Å². The Hall–Kier alpha value is -2.48. The van der Waals surface area contributed by atoms with Crippen LogP contribution in [0.4, 0.5) is 0 Å². The molecule has 1 aliphatic rings. The summed E-state index contributed by atoms with van der Waals surface area (Å²) in [5.41, 5.74) is 8.92. The van der Waals surface area contributed by atoms with E-state index < -0.39 is 0 Å². The molecule has 1 atom stereocenters. The van der Waals surface area contributed by atoms with Gasteiger partial charge in [0.05, 0.1) is 11.4 Å². The monoisotopic (exact) mass is 370 g/mol. The first kappa shape index (κ1) is 18.9. The molecule has 2 heteroatoms. The van der Waals surface area contributed by atoms with Crippen LogP contribution < -0.4 is 0 Å². The fourth-order valence-electron chi connectivity index (χ4n) is 4.67. The second kappa shape index (κ2) is 7.16. The molecule has 1 aliphatic carbocycles. The largest absolute Gasteiger partial charge is 0.236 e. The molecule has 3 aromatic rings. The summed E-state index contributed by atoms with van der Waals surface area (Å²) in [7, 11) is 0. The Labute approximate surface area is 169 Å². The summed E-state index contributed by atoms with van der Waals surface area (Å²) in [6.07, 6.45) is 3.35. The first-order chi connectivity index (χ1) is 13.4. The van der Waals surface area contributed by atoms with Crippen LogP contribution in [0.1, 0.15) is 73.3 Å². The number of rotatable bonds is 3. The zero-order valence-corrected chi connectivity index (χ0v) is 17.7. The van der Waals surface area contributed by atoms with E-state index in [1.54, 1.807) is 0 Å². The minimum Gasteiger partial charge on any atom is -0.236 e. The lowest BCUT2D eigenvalue weighted by molar-refractivity contribution is 0.446. The van der Waals surface area contributed by atoms with Gasteiger partial charge in [0.15, 0.2) is 0 Å². The number of fused-ring (bicyclic) bond motifs is 1. The summed E-state index contributed by atoms with van der Waals surface area (Å²) in [5, 5.41) is 0. The first-order valence-electron chi connectivity index (χ1n) is 10.4. The van der Waals surface area contributed by atoms with E-state index in [0.717, 1.165) is 24.4 Å². The van der Waals surface area contributed by atoms with Gasteiger partial charge < -0.3 is 0 Å². The van der Waals surface area contributed by atoms with Gasteiger partial charge in [0.1, 0.15) is 5.82 Å². The zero-order chi connectivity index (χ0) is 19.9. The summed E-state index contributed by atoms with van der Waals surface area (Å²) in [4.78, 5) is 10.3. The number of aromatic nitrogens is 2. The van der Waals surface area contributed by atoms with Crippen molar-refractivity contribution in [2.75, 3.05) is 0 Å². The molecule has 0 saturated carbocycles. The Morgan fingerprint density at radius 2 is 1.57 bits per heavy atom. The third kappa shape index (κ3) is 3.05. The van der Waals surface area contributed by atoms with Gasteiger partial charge in [-0.1, -0.05) is 62.4 Å². The Balaban J connectivity index is 2.03. The van der Waals surface area contributed by atoms with Crippen LogP contribution in [0.3, 0.4) is 0 Å². The molecule has 1 unspecified atom stereocenters. The molecule has 0 aliphatic heterocycles. The van der Waals surface area contributed by atoms with E-state index in [2.05, 4.69) is 83.1 Å². The Morgan fingerprint density at radius 1 is 0.893 bits per heavy atom. The third-order valence-corrected chi connectivity index (χ3v) is 6.30. The molecule has 0 N–H and O–H groups in total. The predicted molar refractivity (Wildman–Crippen MR) is 117 cm³/mol. The molecule has 2 nitrogen and oxygen atoms in total. The molecule has 144 valence electrons. The lowest BCUT2D eigenvalue weighted by Crippen LogP contribution is -2.32. The molecule has 28 heavy (non-hydrogen) atoms. The van der Waals surface area contributed by atoms with Gasteiger partial charge in [-0.3, -0.25) is 0 Å². The van der Waals surface area contributed by atoms with Crippen molar-refractivity contribution >= 4 is 0 Å². The van der Waals surface area contributed by atoms with Crippen molar-refractivity contribution in [3.05, 3.63) is 82.3 Å². The van der Waals surface area contributed by atoms with E-state index in [1.807, 2.05) is 0 Å². The fraction of sp³-hybridized carbons (Fsp3) is 0.385. The molecule has 0 radical (unpaired) electrons. The standard InChI is InChI=1S/C26H30N2/c1-17(2)25-27-23(22-18(3)11-9-12-19(22)4)21-15-10-16-26(5,24(21)28-25)20-13-7-6-8-14-20/h6-9,11-14,17H,10,15-16H2,1-5H3. The molecule has 0 fully saturated rings. The summed E-state index contributed by atoms with van der Waals surface area (Å²) >= 11 is 0. The zero-order valence-electron chi connectivity index (χ0n) is 17.7. The van der Waals surface area contributed by atoms with Crippen LogP contribution in [0, 0.1) is 13.8 Å². The molecule has 4 rings (SSSR count). The second-order valence-electron chi connectivity index (χ2n) is 8.73. The minimum absolute atomic E-state index is 0.0627. The fourth-order valence-corrected chi connectivity index (χ4v) is 4.67. The SMILES string of the molecule is Cc1cccc(C)c1-c1nc(C(C)C)nc2c1CCCC2(C)c1ccccc1. The molecule has 1 aromatic heterocycles. The minimum atomic E-state index is -0.0627. The van der Waals surface area contributed by atoms with Gasteiger partial charge in [-0.05, 0) is 56.7 Å². The smallest absolute Gasteiger partial charge is 0.131 e. The number of nitrogens with zero attached hydrogens (tertiary/aromatic N) is 2. The van der Waals surface area contributed by atoms with Gasteiger partial charge in [-0.15, -0.1) is 0 Å². The first-order valence-corrected chi connectivity index (χ1v) is 10.4. The van der Waals surface area contributed by atoms with Crippen LogP contribution in [0.25, 0.3) is 11.3 Å². The lowest BCUT2D eigenvalue weighted by Gasteiger charge is -2.37. The third-order valence-electron chi connectivity index (χ3n) is 6.30. The van der Waals surface area contributed by atoms with Crippen LogP contribution in [0.5, 0.6) is 0 Å². The van der Waals surface area contributed by atoms with Gasteiger partial charge in [0.25, 0.3) is 0 Å². The Kier molecular flexibility index (Phi) is 4.82. The highest BCUT2D eigenvalue weighted by molar-refractivity contribution is 5.72. The maximum atomic E-state index is 5.18. The normalized spacial score (nSPS) is 18.9. The molecule has 0 amide bonds. The highest BCUT2D eigenvalue weighted by atomic mass is 14.9. The van der Waals surface area contributed by atoms with Crippen molar-refractivity contribution in [1.29, 1.82) is 0 Å². The molecule has 2 aromatic carbocycles. The number of aryl methyl sites for hydroxylation is 2. The quantitative estimate of drug-likeness (QED) is 0.524. The Bertz CT molecular complexity index is 984.